The van der Waals surface area contributed by atoms with Gasteiger partial charge in [0.15, 0.2) is 0 Å². The number of carbonyl (C=O) groups excluding carboxylic acids is 1. The number of piperidine rings is 1. The molecule has 1 amide bonds. The number of rotatable bonds is 2. The van der Waals surface area contributed by atoms with Crippen molar-refractivity contribution >= 4 is 21.8 Å². The van der Waals surface area contributed by atoms with Crippen LogP contribution >= 0.6 is 15.9 Å². The molecule has 1 aliphatic rings. The molecule has 0 radical (unpaired) electrons. The average Bonchev–Trinajstić information content (AvgIpc) is 2.38. The van der Waals surface area contributed by atoms with Gasteiger partial charge in [0.1, 0.15) is 0 Å². The monoisotopic (exact) mass is 310 g/mol. The highest BCUT2D eigenvalue weighted by molar-refractivity contribution is 9.10. The van der Waals surface area contributed by atoms with Crippen LogP contribution in [0.1, 0.15) is 28.8 Å². The van der Waals surface area contributed by atoms with Gasteiger partial charge in [-0.2, -0.15) is 0 Å². The van der Waals surface area contributed by atoms with Gasteiger partial charge in [-0.1, -0.05) is 15.9 Å². The molecule has 0 unspecified atom stereocenters. The van der Waals surface area contributed by atoms with Gasteiger partial charge in [0.25, 0.3) is 5.91 Å². The molecule has 0 aromatic heterocycles. The highest BCUT2D eigenvalue weighted by Gasteiger charge is 2.23. The summed E-state index contributed by atoms with van der Waals surface area (Å²) in [7, 11) is 0. The van der Waals surface area contributed by atoms with Gasteiger partial charge >= 0.3 is 0 Å². The first-order chi connectivity index (χ1) is 8.61. The van der Waals surface area contributed by atoms with Crippen LogP contribution in [-0.2, 0) is 0 Å². The first-order valence-electron chi connectivity index (χ1n) is 6.37. The topological polar surface area (TPSA) is 46.3 Å². The number of amides is 1. The summed E-state index contributed by atoms with van der Waals surface area (Å²) >= 11 is 3.42. The largest absolute Gasteiger partial charge is 0.339 e. The number of hydrogen-bond acceptors (Lipinski definition) is 2. The van der Waals surface area contributed by atoms with E-state index < -0.39 is 0 Å². The summed E-state index contributed by atoms with van der Waals surface area (Å²) in [6, 6.07) is 5.81. The molecule has 1 saturated heterocycles. The standard InChI is InChI=1S/C14H19BrN2O/c1-10-8-12(15)2-3-13(10)14(18)17-6-4-11(9-16)5-7-17/h2-3,8,11H,4-7,9,16H2,1H3. The number of aryl methyl sites for hydroxylation is 1. The molecule has 1 aliphatic heterocycles. The summed E-state index contributed by atoms with van der Waals surface area (Å²) in [5, 5.41) is 0. The lowest BCUT2D eigenvalue weighted by Gasteiger charge is -2.31. The lowest BCUT2D eigenvalue weighted by atomic mass is 9.96. The van der Waals surface area contributed by atoms with Crippen LogP contribution < -0.4 is 5.73 Å². The molecule has 0 atom stereocenters. The molecule has 1 fully saturated rings. The van der Waals surface area contributed by atoms with Gasteiger partial charge in [0, 0.05) is 23.1 Å². The summed E-state index contributed by atoms with van der Waals surface area (Å²) in [5.41, 5.74) is 7.50. The van der Waals surface area contributed by atoms with Gasteiger partial charge in [-0.25, -0.2) is 0 Å². The molecule has 1 aromatic carbocycles. The van der Waals surface area contributed by atoms with E-state index in [9.17, 15) is 4.79 Å². The minimum absolute atomic E-state index is 0.149. The number of benzene rings is 1. The summed E-state index contributed by atoms with van der Waals surface area (Å²) in [4.78, 5) is 14.4. The predicted molar refractivity (Wildman–Crippen MR) is 76.6 cm³/mol. The van der Waals surface area contributed by atoms with Crippen molar-refractivity contribution in [2.24, 2.45) is 11.7 Å². The van der Waals surface area contributed by atoms with Crippen LogP contribution in [-0.4, -0.2) is 30.4 Å². The Morgan fingerprint density at radius 1 is 1.44 bits per heavy atom. The fourth-order valence-electron chi connectivity index (χ4n) is 2.41. The number of nitrogens with zero attached hydrogens (tertiary/aromatic N) is 1. The van der Waals surface area contributed by atoms with Crippen LogP contribution in [0.4, 0.5) is 0 Å². The van der Waals surface area contributed by atoms with E-state index in [-0.39, 0.29) is 5.91 Å². The summed E-state index contributed by atoms with van der Waals surface area (Å²) in [6.45, 7) is 4.37. The Bertz CT molecular complexity index is 439. The van der Waals surface area contributed by atoms with Crippen molar-refractivity contribution in [2.75, 3.05) is 19.6 Å². The lowest BCUT2D eigenvalue weighted by molar-refractivity contribution is 0.0692. The van der Waals surface area contributed by atoms with E-state index in [0.29, 0.717) is 5.92 Å². The summed E-state index contributed by atoms with van der Waals surface area (Å²) < 4.78 is 1.01. The van der Waals surface area contributed by atoms with Gasteiger partial charge in [0.05, 0.1) is 0 Å². The SMILES string of the molecule is Cc1cc(Br)ccc1C(=O)N1CCC(CN)CC1. The van der Waals surface area contributed by atoms with Gasteiger partial charge in [-0.3, -0.25) is 4.79 Å². The van der Waals surface area contributed by atoms with E-state index in [1.54, 1.807) is 0 Å². The third kappa shape index (κ3) is 2.93. The van der Waals surface area contributed by atoms with Crippen molar-refractivity contribution < 1.29 is 4.79 Å². The fourth-order valence-corrected chi connectivity index (χ4v) is 2.88. The Morgan fingerprint density at radius 3 is 2.67 bits per heavy atom. The maximum absolute atomic E-state index is 12.4. The van der Waals surface area contributed by atoms with Crippen molar-refractivity contribution in [1.29, 1.82) is 0 Å². The Morgan fingerprint density at radius 2 is 2.11 bits per heavy atom. The average molecular weight is 311 g/mol. The third-order valence-corrected chi connectivity index (χ3v) is 4.15. The quantitative estimate of drug-likeness (QED) is 0.912. The lowest BCUT2D eigenvalue weighted by Crippen LogP contribution is -2.40. The van der Waals surface area contributed by atoms with E-state index in [2.05, 4.69) is 15.9 Å². The highest BCUT2D eigenvalue weighted by atomic mass is 79.9. The zero-order valence-electron chi connectivity index (χ0n) is 10.7. The van der Waals surface area contributed by atoms with Crippen molar-refractivity contribution in [2.45, 2.75) is 19.8 Å². The first-order valence-corrected chi connectivity index (χ1v) is 7.16. The van der Waals surface area contributed by atoms with E-state index in [1.165, 1.54) is 0 Å². The summed E-state index contributed by atoms with van der Waals surface area (Å²) in [6.07, 6.45) is 2.05. The minimum atomic E-state index is 0.149. The molecular weight excluding hydrogens is 292 g/mol. The van der Waals surface area contributed by atoms with Crippen LogP contribution in [0.25, 0.3) is 0 Å². The smallest absolute Gasteiger partial charge is 0.254 e. The van der Waals surface area contributed by atoms with Crippen molar-refractivity contribution in [3.63, 3.8) is 0 Å². The van der Waals surface area contributed by atoms with Gasteiger partial charge in [0.2, 0.25) is 0 Å². The third-order valence-electron chi connectivity index (χ3n) is 3.65. The second-order valence-corrected chi connectivity index (χ2v) is 5.85. The Hall–Kier alpha value is -0.870. The predicted octanol–water partition coefficient (Wildman–Crippen LogP) is 2.57. The molecule has 18 heavy (non-hydrogen) atoms. The Labute approximate surface area is 116 Å². The normalized spacial score (nSPS) is 16.9. The van der Waals surface area contributed by atoms with Crippen LogP contribution in [0.2, 0.25) is 0 Å². The van der Waals surface area contributed by atoms with Gasteiger partial charge in [-0.05, 0) is 56.0 Å². The zero-order valence-corrected chi connectivity index (χ0v) is 12.2. The van der Waals surface area contributed by atoms with Gasteiger partial charge in [-0.15, -0.1) is 0 Å². The summed E-state index contributed by atoms with van der Waals surface area (Å²) in [5.74, 6) is 0.732. The molecule has 0 bridgehead atoms. The molecule has 0 saturated carbocycles. The highest BCUT2D eigenvalue weighted by Crippen LogP contribution is 2.21. The second kappa shape index (κ2) is 5.85. The molecule has 2 N–H and O–H groups in total. The van der Waals surface area contributed by atoms with Crippen molar-refractivity contribution in [3.05, 3.63) is 33.8 Å². The van der Waals surface area contributed by atoms with Crippen LogP contribution in [0.3, 0.4) is 0 Å². The first kappa shape index (κ1) is 13.6. The van der Waals surface area contributed by atoms with Gasteiger partial charge < -0.3 is 10.6 Å². The van der Waals surface area contributed by atoms with E-state index in [0.717, 1.165) is 48.1 Å². The fraction of sp³-hybridized carbons (Fsp3) is 0.500. The molecule has 4 heteroatoms. The maximum Gasteiger partial charge on any atom is 0.254 e. The Kier molecular flexibility index (Phi) is 4.40. The zero-order chi connectivity index (χ0) is 13.1. The molecule has 1 aromatic rings. The van der Waals surface area contributed by atoms with Crippen molar-refractivity contribution in [3.8, 4) is 0 Å². The molecule has 2 rings (SSSR count). The maximum atomic E-state index is 12.4. The van der Waals surface area contributed by atoms with Crippen molar-refractivity contribution in [1.82, 2.24) is 4.90 Å². The van der Waals surface area contributed by atoms with Crippen LogP contribution in [0, 0.1) is 12.8 Å². The number of nitrogens with two attached hydrogens (primary N) is 1. The second-order valence-electron chi connectivity index (χ2n) is 4.93. The molecule has 1 heterocycles. The molecule has 3 nitrogen and oxygen atoms in total. The number of halogens is 1. The number of carbonyl (C=O) groups is 1. The number of likely N-dealkylation sites (tertiary alicyclic amines) is 1. The Balaban J connectivity index is 2.08. The molecule has 0 aliphatic carbocycles. The van der Waals surface area contributed by atoms with Crippen LogP contribution in [0.15, 0.2) is 22.7 Å². The molecule has 0 spiro atoms. The molecule has 98 valence electrons. The van der Waals surface area contributed by atoms with E-state index in [1.807, 2.05) is 30.0 Å². The number of hydrogen-bond donors (Lipinski definition) is 1. The van der Waals surface area contributed by atoms with E-state index >= 15 is 0 Å². The van der Waals surface area contributed by atoms with E-state index in [4.69, 9.17) is 5.73 Å². The molecular formula is C14H19BrN2O. The minimum Gasteiger partial charge on any atom is -0.339 e. The van der Waals surface area contributed by atoms with Crippen LogP contribution in [0.5, 0.6) is 0 Å².